The summed E-state index contributed by atoms with van der Waals surface area (Å²) in [6.45, 7) is 3.38. The molecule has 1 aromatic rings. The average molecular weight is 273 g/mol. The largest absolute Gasteiger partial charge is 0.388 e. The molecule has 2 nitrogen and oxygen atoms in total. The minimum Gasteiger partial charge on any atom is -0.388 e. The monoisotopic (exact) mass is 273 g/mol. The lowest BCUT2D eigenvalue weighted by molar-refractivity contribution is 0.0452. The third-order valence-electron chi connectivity index (χ3n) is 5.47. The van der Waals surface area contributed by atoms with Crippen LogP contribution in [0.4, 0.5) is 5.69 Å². The van der Waals surface area contributed by atoms with E-state index in [0.29, 0.717) is 11.8 Å². The highest BCUT2D eigenvalue weighted by molar-refractivity contribution is 5.58. The van der Waals surface area contributed by atoms with Crippen LogP contribution in [-0.2, 0) is 6.42 Å². The Hall–Kier alpha value is -1.02. The lowest BCUT2D eigenvalue weighted by Crippen LogP contribution is -2.25. The molecule has 1 heterocycles. The van der Waals surface area contributed by atoms with Crippen LogP contribution in [0.15, 0.2) is 18.2 Å². The Balaban J connectivity index is 1.81. The summed E-state index contributed by atoms with van der Waals surface area (Å²) in [5.41, 5.74) is 3.90. The molecule has 20 heavy (non-hydrogen) atoms. The molecule has 3 atom stereocenters. The van der Waals surface area contributed by atoms with Gasteiger partial charge >= 0.3 is 0 Å². The summed E-state index contributed by atoms with van der Waals surface area (Å²) in [5, 5.41) is 10.8. The highest BCUT2D eigenvalue weighted by atomic mass is 16.3. The van der Waals surface area contributed by atoms with Crippen molar-refractivity contribution in [3.8, 4) is 0 Å². The van der Waals surface area contributed by atoms with Crippen molar-refractivity contribution in [2.75, 3.05) is 18.5 Å². The molecule has 0 bridgehead atoms. The van der Waals surface area contributed by atoms with Crippen LogP contribution in [0, 0.1) is 11.8 Å². The van der Waals surface area contributed by atoms with Gasteiger partial charge in [-0.05, 0) is 41.9 Å². The van der Waals surface area contributed by atoms with Gasteiger partial charge in [-0.3, -0.25) is 0 Å². The van der Waals surface area contributed by atoms with Gasteiger partial charge in [0.1, 0.15) is 0 Å². The van der Waals surface area contributed by atoms with Gasteiger partial charge in [-0.2, -0.15) is 0 Å². The van der Waals surface area contributed by atoms with E-state index in [1.165, 1.54) is 43.4 Å². The molecule has 0 radical (unpaired) electrons. The first-order valence-corrected chi connectivity index (χ1v) is 8.22. The van der Waals surface area contributed by atoms with Crippen LogP contribution in [0.5, 0.6) is 0 Å². The molecule has 2 heteroatoms. The fourth-order valence-corrected chi connectivity index (χ4v) is 4.18. The first kappa shape index (κ1) is 13.9. The molecule has 0 saturated heterocycles. The molecule has 1 aliphatic heterocycles. The summed E-state index contributed by atoms with van der Waals surface area (Å²) in [4.78, 5) is 2.31. The normalized spacial score (nSPS) is 27.4. The van der Waals surface area contributed by atoms with Crippen molar-refractivity contribution in [1.29, 1.82) is 0 Å². The van der Waals surface area contributed by atoms with Crippen molar-refractivity contribution in [2.45, 2.75) is 51.6 Å². The molecule has 1 saturated carbocycles. The smallest absolute Gasteiger partial charge is 0.0820 e. The van der Waals surface area contributed by atoms with Crippen molar-refractivity contribution >= 4 is 5.69 Å². The Morgan fingerprint density at radius 2 is 2.10 bits per heavy atom. The van der Waals surface area contributed by atoms with E-state index in [9.17, 15) is 5.11 Å². The van der Waals surface area contributed by atoms with Crippen LogP contribution in [0.1, 0.15) is 56.3 Å². The number of rotatable bonds is 3. The number of likely N-dealkylation sites (N-methyl/N-ethyl adjacent to an activating group) is 1. The number of aliphatic hydroxyl groups excluding tert-OH is 1. The zero-order chi connectivity index (χ0) is 14.1. The van der Waals surface area contributed by atoms with E-state index in [2.05, 4.69) is 37.1 Å². The average Bonchev–Trinajstić information content (AvgIpc) is 2.87. The highest BCUT2D eigenvalue weighted by Crippen LogP contribution is 2.41. The third kappa shape index (κ3) is 2.46. The summed E-state index contributed by atoms with van der Waals surface area (Å²) < 4.78 is 0. The number of aliphatic hydroxyl groups is 1. The van der Waals surface area contributed by atoms with Gasteiger partial charge in [-0.1, -0.05) is 44.7 Å². The molecule has 3 rings (SSSR count). The van der Waals surface area contributed by atoms with Crippen molar-refractivity contribution in [2.24, 2.45) is 11.8 Å². The predicted molar refractivity (Wildman–Crippen MR) is 84.1 cm³/mol. The molecule has 2 aliphatic rings. The van der Waals surface area contributed by atoms with Crippen LogP contribution in [0.2, 0.25) is 0 Å². The Morgan fingerprint density at radius 1 is 1.30 bits per heavy atom. The standard InChI is InChI=1S/C18H27NO/c1-3-13-6-4-5-7-16(13)18(20)15-8-9-17-14(12-15)10-11-19(17)2/h8-9,12-13,16,18,20H,3-7,10-11H2,1-2H3. The summed E-state index contributed by atoms with van der Waals surface area (Å²) in [6, 6.07) is 6.60. The zero-order valence-corrected chi connectivity index (χ0v) is 12.8. The zero-order valence-electron chi connectivity index (χ0n) is 12.8. The molecule has 3 unspecified atom stereocenters. The van der Waals surface area contributed by atoms with Crippen molar-refractivity contribution in [3.63, 3.8) is 0 Å². The molecule has 1 N–H and O–H groups in total. The van der Waals surface area contributed by atoms with Crippen LogP contribution in [0.3, 0.4) is 0 Å². The van der Waals surface area contributed by atoms with Crippen LogP contribution in [0.25, 0.3) is 0 Å². The molecular weight excluding hydrogens is 246 g/mol. The SMILES string of the molecule is CCC1CCCCC1C(O)c1ccc2c(c1)CCN2C. The second-order valence-corrected chi connectivity index (χ2v) is 6.62. The predicted octanol–water partition coefficient (Wildman–Crippen LogP) is 3.93. The maximum absolute atomic E-state index is 10.8. The van der Waals surface area contributed by atoms with E-state index in [1.807, 2.05) is 0 Å². The minimum atomic E-state index is -0.267. The fourth-order valence-electron chi connectivity index (χ4n) is 4.18. The first-order chi connectivity index (χ1) is 9.70. The van der Waals surface area contributed by atoms with Crippen molar-refractivity contribution in [3.05, 3.63) is 29.3 Å². The molecule has 1 fully saturated rings. The van der Waals surface area contributed by atoms with Gasteiger partial charge in [0.05, 0.1) is 6.10 Å². The second-order valence-electron chi connectivity index (χ2n) is 6.62. The molecule has 0 amide bonds. The quantitative estimate of drug-likeness (QED) is 0.902. The molecular formula is C18H27NO. The summed E-state index contributed by atoms with van der Waals surface area (Å²) in [6.07, 6.45) is 7.17. The van der Waals surface area contributed by atoms with Gasteiger partial charge in [0.25, 0.3) is 0 Å². The van der Waals surface area contributed by atoms with Gasteiger partial charge in [0.2, 0.25) is 0 Å². The van der Waals surface area contributed by atoms with E-state index in [1.54, 1.807) is 0 Å². The second kappa shape index (κ2) is 5.77. The first-order valence-electron chi connectivity index (χ1n) is 8.22. The van der Waals surface area contributed by atoms with Gasteiger partial charge in [0.15, 0.2) is 0 Å². The Labute approximate surface area is 122 Å². The Kier molecular flexibility index (Phi) is 4.02. The minimum absolute atomic E-state index is 0.267. The third-order valence-corrected chi connectivity index (χ3v) is 5.47. The van der Waals surface area contributed by atoms with E-state index >= 15 is 0 Å². The number of nitrogens with zero attached hydrogens (tertiary/aromatic N) is 1. The van der Waals surface area contributed by atoms with Gasteiger partial charge in [-0.15, -0.1) is 0 Å². The topological polar surface area (TPSA) is 23.5 Å². The number of hydrogen-bond acceptors (Lipinski definition) is 2. The van der Waals surface area contributed by atoms with E-state index in [-0.39, 0.29) is 6.10 Å². The Bertz CT molecular complexity index is 470. The molecule has 110 valence electrons. The summed E-state index contributed by atoms with van der Waals surface area (Å²) in [7, 11) is 2.15. The maximum Gasteiger partial charge on any atom is 0.0820 e. The molecule has 1 aliphatic carbocycles. The van der Waals surface area contributed by atoms with Gasteiger partial charge < -0.3 is 10.0 Å². The van der Waals surface area contributed by atoms with Crippen LogP contribution < -0.4 is 4.90 Å². The summed E-state index contributed by atoms with van der Waals surface area (Å²) in [5.74, 6) is 1.17. The maximum atomic E-state index is 10.8. The lowest BCUT2D eigenvalue weighted by atomic mass is 9.73. The molecule has 0 aromatic heterocycles. The van der Waals surface area contributed by atoms with E-state index in [0.717, 1.165) is 18.5 Å². The van der Waals surface area contributed by atoms with E-state index < -0.39 is 0 Å². The van der Waals surface area contributed by atoms with Crippen LogP contribution in [-0.4, -0.2) is 18.7 Å². The van der Waals surface area contributed by atoms with Crippen molar-refractivity contribution in [1.82, 2.24) is 0 Å². The molecule has 1 aromatic carbocycles. The lowest BCUT2D eigenvalue weighted by Gasteiger charge is -2.34. The van der Waals surface area contributed by atoms with Crippen LogP contribution >= 0.6 is 0 Å². The Morgan fingerprint density at radius 3 is 2.90 bits per heavy atom. The van der Waals surface area contributed by atoms with Gasteiger partial charge in [-0.25, -0.2) is 0 Å². The fraction of sp³-hybridized carbons (Fsp3) is 0.667. The summed E-state index contributed by atoms with van der Waals surface area (Å²) >= 11 is 0. The highest BCUT2D eigenvalue weighted by Gasteiger charge is 2.31. The van der Waals surface area contributed by atoms with Crippen molar-refractivity contribution < 1.29 is 5.11 Å². The number of anilines is 1. The number of hydrogen-bond donors (Lipinski definition) is 1. The van der Waals surface area contributed by atoms with Gasteiger partial charge in [0, 0.05) is 19.3 Å². The molecule has 0 spiro atoms. The number of benzene rings is 1. The van der Waals surface area contributed by atoms with E-state index in [4.69, 9.17) is 0 Å². The number of fused-ring (bicyclic) bond motifs is 1.